The average molecular weight is 463 g/mol. The molecule has 3 aromatic rings. The van der Waals surface area contributed by atoms with E-state index in [9.17, 15) is 14.7 Å². The van der Waals surface area contributed by atoms with E-state index in [1.54, 1.807) is 6.07 Å². The first kappa shape index (κ1) is 23.1. The average Bonchev–Trinajstić information content (AvgIpc) is 3.16. The van der Waals surface area contributed by atoms with E-state index >= 15 is 0 Å². The molecule has 6 nitrogen and oxygen atoms in total. The molecule has 1 saturated heterocycles. The molecular weight excluding hydrogens is 439 g/mol. The first-order chi connectivity index (χ1) is 14.5. The first-order valence-electron chi connectivity index (χ1n) is 10.1. The molecular formula is C23H24Cl2N2O4. The van der Waals surface area contributed by atoms with Gasteiger partial charge in [0.2, 0.25) is 5.91 Å². The molecule has 0 spiro atoms. The molecule has 0 atom stereocenters. The maximum atomic E-state index is 12.2. The quantitative estimate of drug-likeness (QED) is 0.402. The number of aromatic hydroxyl groups is 1. The van der Waals surface area contributed by atoms with Gasteiger partial charge in [0.25, 0.3) is 0 Å². The van der Waals surface area contributed by atoms with Gasteiger partial charge in [-0.15, -0.1) is 12.4 Å². The topological polar surface area (TPSA) is 82.8 Å². The van der Waals surface area contributed by atoms with Crippen LogP contribution < -0.4 is 10.9 Å². The second-order valence-corrected chi connectivity index (χ2v) is 7.83. The SMILES string of the molecule is Cl.O=C1CCCN1CCCNCc1c(O)c(Cl)cc2c(-c3ccccc3)cc(=O)oc12. The minimum Gasteiger partial charge on any atom is -0.506 e. The van der Waals surface area contributed by atoms with Crippen molar-refractivity contribution in [3.05, 3.63) is 63.5 Å². The summed E-state index contributed by atoms with van der Waals surface area (Å²) >= 11 is 6.29. The summed E-state index contributed by atoms with van der Waals surface area (Å²) in [5, 5.41) is 14.7. The molecule has 1 aromatic heterocycles. The number of rotatable bonds is 7. The largest absolute Gasteiger partial charge is 0.506 e. The summed E-state index contributed by atoms with van der Waals surface area (Å²) in [6, 6.07) is 12.6. The number of benzene rings is 2. The third-order valence-corrected chi connectivity index (χ3v) is 5.68. The summed E-state index contributed by atoms with van der Waals surface area (Å²) in [4.78, 5) is 25.8. The monoisotopic (exact) mass is 462 g/mol. The highest BCUT2D eigenvalue weighted by atomic mass is 35.5. The summed E-state index contributed by atoms with van der Waals surface area (Å²) in [5.74, 6) is 0.114. The lowest BCUT2D eigenvalue weighted by atomic mass is 9.99. The van der Waals surface area contributed by atoms with Crippen LogP contribution in [0.2, 0.25) is 5.02 Å². The summed E-state index contributed by atoms with van der Waals surface area (Å²) < 4.78 is 5.48. The normalized spacial score (nSPS) is 13.6. The predicted octanol–water partition coefficient (Wildman–Crippen LogP) is 4.34. The Balaban J connectivity index is 0.00000272. The van der Waals surface area contributed by atoms with E-state index in [0.717, 1.165) is 24.9 Å². The lowest BCUT2D eigenvalue weighted by molar-refractivity contribution is -0.127. The molecule has 8 heteroatoms. The number of carbonyl (C=O) groups is 1. The van der Waals surface area contributed by atoms with Crippen LogP contribution in [0.4, 0.5) is 0 Å². The van der Waals surface area contributed by atoms with E-state index in [1.165, 1.54) is 6.07 Å². The zero-order valence-electron chi connectivity index (χ0n) is 16.9. The van der Waals surface area contributed by atoms with Crippen molar-refractivity contribution in [3.63, 3.8) is 0 Å². The second kappa shape index (κ2) is 10.2. The lowest BCUT2D eigenvalue weighted by Gasteiger charge is -2.16. The summed E-state index contributed by atoms with van der Waals surface area (Å²) in [6.07, 6.45) is 2.36. The van der Waals surface area contributed by atoms with E-state index in [-0.39, 0.29) is 35.6 Å². The molecule has 0 radical (unpaired) electrons. The molecule has 1 amide bonds. The van der Waals surface area contributed by atoms with Gasteiger partial charge in [0, 0.05) is 37.5 Å². The minimum atomic E-state index is -0.489. The van der Waals surface area contributed by atoms with Gasteiger partial charge in [-0.25, -0.2) is 4.79 Å². The Bertz CT molecular complexity index is 1130. The highest BCUT2D eigenvalue weighted by molar-refractivity contribution is 6.33. The zero-order chi connectivity index (χ0) is 21.1. The Morgan fingerprint density at radius 1 is 1.16 bits per heavy atom. The maximum absolute atomic E-state index is 12.2. The molecule has 0 bridgehead atoms. The summed E-state index contributed by atoms with van der Waals surface area (Å²) in [7, 11) is 0. The number of fused-ring (bicyclic) bond motifs is 1. The third kappa shape index (κ3) is 5.03. The Morgan fingerprint density at radius 3 is 2.65 bits per heavy atom. The van der Waals surface area contributed by atoms with Crippen LogP contribution in [0.5, 0.6) is 5.75 Å². The highest BCUT2D eigenvalue weighted by Gasteiger charge is 2.20. The molecule has 1 aliphatic rings. The number of halogens is 2. The van der Waals surface area contributed by atoms with Gasteiger partial charge in [-0.1, -0.05) is 41.9 Å². The fraction of sp³-hybridized carbons (Fsp3) is 0.304. The number of nitrogens with zero attached hydrogens (tertiary/aromatic N) is 1. The van der Waals surface area contributed by atoms with Crippen LogP contribution in [-0.4, -0.2) is 35.5 Å². The van der Waals surface area contributed by atoms with Crippen LogP contribution in [0.15, 0.2) is 51.7 Å². The number of phenolic OH excluding ortho intramolecular Hbond substituents is 1. The van der Waals surface area contributed by atoms with E-state index in [1.807, 2.05) is 35.2 Å². The highest BCUT2D eigenvalue weighted by Crippen LogP contribution is 2.38. The van der Waals surface area contributed by atoms with Crippen molar-refractivity contribution in [2.24, 2.45) is 0 Å². The van der Waals surface area contributed by atoms with Crippen LogP contribution >= 0.6 is 24.0 Å². The Labute approximate surface area is 191 Å². The van der Waals surface area contributed by atoms with E-state index < -0.39 is 5.63 Å². The second-order valence-electron chi connectivity index (χ2n) is 7.42. The Hall–Kier alpha value is -2.54. The summed E-state index contributed by atoms with van der Waals surface area (Å²) in [5.41, 5.74) is 1.86. The van der Waals surface area contributed by atoms with Crippen LogP contribution in [0.25, 0.3) is 22.1 Å². The number of hydrogen-bond acceptors (Lipinski definition) is 5. The van der Waals surface area contributed by atoms with Gasteiger partial charge in [0.1, 0.15) is 11.3 Å². The fourth-order valence-corrected chi connectivity index (χ4v) is 4.11. The van der Waals surface area contributed by atoms with Crippen molar-refractivity contribution < 1.29 is 14.3 Å². The Morgan fingerprint density at radius 2 is 1.94 bits per heavy atom. The summed E-state index contributed by atoms with van der Waals surface area (Å²) in [6.45, 7) is 2.48. The molecule has 1 fully saturated rings. The molecule has 31 heavy (non-hydrogen) atoms. The van der Waals surface area contributed by atoms with Gasteiger partial charge in [-0.2, -0.15) is 0 Å². The predicted molar refractivity (Wildman–Crippen MR) is 124 cm³/mol. The zero-order valence-corrected chi connectivity index (χ0v) is 18.5. The molecule has 4 rings (SSSR count). The number of amides is 1. The van der Waals surface area contributed by atoms with Crippen molar-refractivity contribution in [3.8, 4) is 16.9 Å². The molecule has 1 aliphatic heterocycles. The number of likely N-dealkylation sites (tertiary alicyclic amines) is 1. The Kier molecular flexibility index (Phi) is 7.59. The van der Waals surface area contributed by atoms with Crippen LogP contribution in [-0.2, 0) is 11.3 Å². The number of carbonyl (C=O) groups excluding carboxylic acids is 1. The molecule has 164 valence electrons. The number of hydrogen-bond donors (Lipinski definition) is 2. The van der Waals surface area contributed by atoms with Crippen LogP contribution in [0.1, 0.15) is 24.8 Å². The molecule has 2 aromatic carbocycles. The van der Waals surface area contributed by atoms with E-state index in [4.69, 9.17) is 16.0 Å². The van der Waals surface area contributed by atoms with Gasteiger partial charge in [0.15, 0.2) is 0 Å². The smallest absolute Gasteiger partial charge is 0.336 e. The van der Waals surface area contributed by atoms with E-state index in [0.29, 0.717) is 41.6 Å². The molecule has 0 unspecified atom stereocenters. The number of nitrogens with one attached hydrogen (secondary N) is 1. The van der Waals surface area contributed by atoms with Crippen molar-refractivity contribution in [1.82, 2.24) is 10.2 Å². The number of phenols is 1. The van der Waals surface area contributed by atoms with Crippen LogP contribution in [0, 0.1) is 0 Å². The first-order valence-corrected chi connectivity index (χ1v) is 10.4. The third-order valence-electron chi connectivity index (χ3n) is 5.40. The van der Waals surface area contributed by atoms with Crippen molar-refractivity contribution in [1.29, 1.82) is 0 Å². The minimum absolute atomic E-state index is 0. The van der Waals surface area contributed by atoms with E-state index in [2.05, 4.69) is 5.32 Å². The van der Waals surface area contributed by atoms with Gasteiger partial charge >= 0.3 is 5.63 Å². The van der Waals surface area contributed by atoms with Crippen molar-refractivity contribution in [2.45, 2.75) is 25.8 Å². The van der Waals surface area contributed by atoms with Crippen LogP contribution in [0.3, 0.4) is 0 Å². The molecule has 0 aliphatic carbocycles. The fourth-order valence-electron chi connectivity index (χ4n) is 3.89. The van der Waals surface area contributed by atoms with Crippen molar-refractivity contribution in [2.75, 3.05) is 19.6 Å². The maximum Gasteiger partial charge on any atom is 0.336 e. The van der Waals surface area contributed by atoms with Gasteiger partial charge < -0.3 is 19.7 Å². The standard InChI is InChI=1S/C23H23ClN2O4.ClH/c24-19-12-17-16(15-6-2-1-3-7-15)13-21(28)30-23(17)18(22(19)29)14-25-9-5-11-26-10-4-8-20(26)27;/h1-3,6-7,12-13,25,29H,4-5,8-11,14H2;1H. The van der Waals surface area contributed by atoms with Gasteiger partial charge in [-0.05, 0) is 36.6 Å². The molecule has 0 saturated carbocycles. The molecule has 2 heterocycles. The lowest BCUT2D eigenvalue weighted by Crippen LogP contribution is -2.28. The molecule has 2 N–H and O–H groups in total. The van der Waals surface area contributed by atoms with Gasteiger partial charge in [-0.3, -0.25) is 4.79 Å². The van der Waals surface area contributed by atoms with Crippen molar-refractivity contribution >= 4 is 40.9 Å². The van der Waals surface area contributed by atoms with Gasteiger partial charge in [0.05, 0.1) is 10.6 Å².